The number of amides is 2. The molecule has 2 aromatic rings. The van der Waals surface area contributed by atoms with Crippen molar-refractivity contribution in [2.45, 2.75) is 45.4 Å². The predicted molar refractivity (Wildman–Crippen MR) is 139 cm³/mol. The van der Waals surface area contributed by atoms with Crippen LogP contribution in [0, 0.1) is 16.0 Å². The minimum atomic E-state index is -0.702. The molecule has 0 spiro atoms. The highest BCUT2D eigenvalue weighted by atomic mass is 35.5. The molecule has 0 bridgehead atoms. The average molecular weight is 519 g/mol. The lowest BCUT2D eigenvalue weighted by molar-refractivity contribution is -0.384. The van der Waals surface area contributed by atoms with Gasteiger partial charge in [0, 0.05) is 24.6 Å². The van der Waals surface area contributed by atoms with E-state index in [2.05, 4.69) is 5.32 Å². The highest BCUT2D eigenvalue weighted by Gasteiger charge is 2.42. The molecular formula is C24H27ClN4O5S. The number of hydrogen-bond donors (Lipinski definition) is 1. The van der Waals surface area contributed by atoms with Gasteiger partial charge in [-0.3, -0.25) is 24.6 Å². The monoisotopic (exact) mass is 518 g/mol. The van der Waals surface area contributed by atoms with Crippen molar-refractivity contribution in [3.05, 3.63) is 57.6 Å². The van der Waals surface area contributed by atoms with E-state index in [1.807, 2.05) is 52.0 Å². The number of non-ortho nitro benzene ring substituents is 1. The Balaban J connectivity index is 1.85. The Kier molecular flexibility index (Phi) is 8.74. The first-order valence-electron chi connectivity index (χ1n) is 11.2. The Bertz CT molecular complexity index is 1160. The lowest BCUT2D eigenvalue weighted by atomic mass is 10.0. The van der Waals surface area contributed by atoms with E-state index >= 15 is 0 Å². The van der Waals surface area contributed by atoms with Crippen LogP contribution in [0.2, 0.25) is 5.02 Å². The summed E-state index contributed by atoms with van der Waals surface area (Å²) in [5, 5.41) is 13.6. The maximum atomic E-state index is 13.4. The Morgan fingerprint density at radius 2 is 2.00 bits per heavy atom. The van der Waals surface area contributed by atoms with Crippen molar-refractivity contribution < 1.29 is 19.2 Å². The number of nitro groups is 1. The fourth-order valence-electron chi connectivity index (χ4n) is 3.39. The number of nitro benzene ring substituents is 1. The maximum Gasteiger partial charge on any atom is 0.271 e. The van der Waals surface area contributed by atoms with E-state index in [0.29, 0.717) is 23.2 Å². The topological polar surface area (TPSA) is 114 Å². The van der Waals surface area contributed by atoms with E-state index in [1.54, 1.807) is 4.90 Å². The van der Waals surface area contributed by atoms with E-state index in [9.17, 15) is 19.7 Å². The molecule has 2 atom stereocenters. The van der Waals surface area contributed by atoms with E-state index < -0.39 is 16.1 Å². The minimum Gasteiger partial charge on any atom is -0.492 e. The molecule has 2 amide bonds. The number of benzene rings is 2. The van der Waals surface area contributed by atoms with Crippen LogP contribution in [0.5, 0.6) is 5.75 Å². The molecule has 3 rings (SSSR count). The second kappa shape index (κ2) is 11.5. The van der Waals surface area contributed by atoms with Crippen LogP contribution < -0.4 is 10.1 Å². The van der Waals surface area contributed by atoms with Gasteiger partial charge in [-0.05, 0) is 38.0 Å². The SMILES string of the molecule is CCOc1ccccc1N=C1SC(CC(=O)Nc2cc([N+](=O)[O-])ccc2Cl)C(=O)N1C(C)C(C)C. The molecule has 1 aliphatic rings. The van der Waals surface area contributed by atoms with Gasteiger partial charge in [0.25, 0.3) is 5.69 Å². The fraction of sp³-hybridized carbons (Fsp3) is 0.375. The van der Waals surface area contributed by atoms with Crippen LogP contribution in [-0.2, 0) is 9.59 Å². The van der Waals surface area contributed by atoms with Gasteiger partial charge in [0.05, 0.1) is 22.2 Å². The summed E-state index contributed by atoms with van der Waals surface area (Å²) in [6, 6.07) is 11.0. The number of amidine groups is 1. The number of carbonyl (C=O) groups is 2. The van der Waals surface area contributed by atoms with E-state index in [0.717, 1.165) is 0 Å². The summed E-state index contributed by atoms with van der Waals surface area (Å²) >= 11 is 7.31. The number of aliphatic imine (C=N–C) groups is 1. The van der Waals surface area contributed by atoms with Gasteiger partial charge in [-0.2, -0.15) is 0 Å². The quantitative estimate of drug-likeness (QED) is 0.339. The molecule has 1 aliphatic heterocycles. The van der Waals surface area contributed by atoms with Crippen LogP contribution >= 0.6 is 23.4 Å². The molecule has 35 heavy (non-hydrogen) atoms. The zero-order valence-corrected chi connectivity index (χ0v) is 21.4. The van der Waals surface area contributed by atoms with Crippen molar-refractivity contribution in [3.63, 3.8) is 0 Å². The number of carbonyl (C=O) groups excluding carboxylic acids is 2. The van der Waals surface area contributed by atoms with Crippen LogP contribution in [-0.4, -0.2) is 44.7 Å². The van der Waals surface area contributed by atoms with Crippen LogP contribution in [0.3, 0.4) is 0 Å². The summed E-state index contributed by atoms with van der Waals surface area (Å²) in [6.45, 7) is 8.33. The van der Waals surface area contributed by atoms with Gasteiger partial charge in [0.1, 0.15) is 16.7 Å². The second-order valence-corrected chi connectivity index (χ2v) is 9.85. The summed E-state index contributed by atoms with van der Waals surface area (Å²) in [4.78, 5) is 43.0. The highest BCUT2D eigenvalue weighted by molar-refractivity contribution is 8.15. The molecule has 11 heteroatoms. The second-order valence-electron chi connectivity index (χ2n) is 8.27. The van der Waals surface area contributed by atoms with Crippen LogP contribution in [0.1, 0.15) is 34.1 Å². The number of nitrogens with one attached hydrogen (secondary N) is 1. The summed E-state index contributed by atoms with van der Waals surface area (Å²) in [5.74, 6) is 0.0628. The van der Waals surface area contributed by atoms with Gasteiger partial charge in [0.2, 0.25) is 11.8 Å². The number of nitrogens with zero attached hydrogens (tertiary/aromatic N) is 3. The van der Waals surface area contributed by atoms with E-state index in [4.69, 9.17) is 21.3 Å². The van der Waals surface area contributed by atoms with Crippen molar-refractivity contribution in [2.75, 3.05) is 11.9 Å². The van der Waals surface area contributed by atoms with Crippen molar-refractivity contribution in [3.8, 4) is 5.75 Å². The molecule has 0 aromatic heterocycles. The molecule has 1 fully saturated rings. The van der Waals surface area contributed by atoms with E-state index in [1.165, 1.54) is 30.0 Å². The zero-order valence-electron chi connectivity index (χ0n) is 19.9. The molecule has 1 heterocycles. The first kappa shape index (κ1) is 26.5. The van der Waals surface area contributed by atoms with Crippen LogP contribution in [0.4, 0.5) is 17.1 Å². The van der Waals surface area contributed by atoms with Gasteiger partial charge in [0.15, 0.2) is 5.17 Å². The number of para-hydroxylation sites is 2. The minimum absolute atomic E-state index is 0.119. The normalized spacial score (nSPS) is 17.7. The molecule has 0 radical (unpaired) electrons. The Hall–Kier alpha value is -3.11. The molecule has 186 valence electrons. The van der Waals surface area contributed by atoms with Gasteiger partial charge < -0.3 is 10.1 Å². The standard InChI is InChI=1S/C24H27ClN4O5S/c1-5-34-20-9-7-6-8-18(20)27-24-28(15(4)14(2)3)23(31)21(35-24)13-22(30)26-19-12-16(29(32)33)10-11-17(19)25/h6-12,14-15,21H,5,13H2,1-4H3,(H,26,30). The average Bonchev–Trinajstić information content (AvgIpc) is 3.10. The lowest BCUT2D eigenvalue weighted by Crippen LogP contribution is -2.42. The smallest absolute Gasteiger partial charge is 0.271 e. The number of hydrogen-bond acceptors (Lipinski definition) is 7. The largest absolute Gasteiger partial charge is 0.492 e. The molecule has 1 N–H and O–H groups in total. The summed E-state index contributed by atoms with van der Waals surface area (Å²) in [7, 11) is 0. The third-order valence-corrected chi connectivity index (χ3v) is 7.01. The number of anilines is 1. The highest BCUT2D eigenvalue weighted by Crippen LogP contribution is 2.37. The van der Waals surface area contributed by atoms with Crippen molar-refractivity contribution in [1.82, 2.24) is 4.90 Å². The summed E-state index contributed by atoms with van der Waals surface area (Å²) in [6.07, 6.45) is -0.143. The van der Waals surface area contributed by atoms with Gasteiger partial charge >= 0.3 is 0 Å². The lowest BCUT2D eigenvalue weighted by Gasteiger charge is -2.27. The summed E-state index contributed by atoms with van der Waals surface area (Å²) < 4.78 is 5.67. The molecule has 9 nitrogen and oxygen atoms in total. The molecule has 0 saturated carbocycles. The molecule has 2 aromatic carbocycles. The molecule has 2 unspecified atom stereocenters. The fourth-order valence-corrected chi connectivity index (χ4v) is 4.78. The van der Waals surface area contributed by atoms with Crippen molar-refractivity contribution in [2.24, 2.45) is 10.9 Å². The van der Waals surface area contributed by atoms with Crippen molar-refractivity contribution in [1.29, 1.82) is 0 Å². The third-order valence-electron chi connectivity index (χ3n) is 5.53. The molecular weight excluding hydrogens is 492 g/mol. The number of rotatable bonds is 9. The maximum absolute atomic E-state index is 13.4. The van der Waals surface area contributed by atoms with E-state index in [-0.39, 0.29) is 40.7 Å². The first-order valence-corrected chi connectivity index (χ1v) is 12.4. The molecule has 0 aliphatic carbocycles. The number of thioether (sulfide) groups is 1. The van der Waals surface area contributed by atoms with Crippen LogP contribution in [0.15, 0.2) is 47.5 Å². The van der Waals surface area contributed by atoms with Crippen LogP contribution in [0.25, 0.3) is 0 Å². The summed E-state index contributed by atoms with van der Waals surface area (Å²) in [5.41, 5.74) is 0.516. The van der Waals surface area contributed by atoms with Crippen molar-refractivity contribution >= 4 is 57.4 Å². The number of ether oxygens (including phenoxy) is 1. The van der Waals surface area contributed by atoms with Gasteiger partial charge in [-0.1, -0.05) is 49.3 Å². The first-order chi connectivity index (χ1) is 16.6. The zero-order chi connectivity index (χ0) is 25.7. The number of halogens is 1. The predicted octanol–water partition coefficient (Wildman–Crippen LogP) is 5.65. The Morgan fingerprint density at radius 1 is 1.29 bits per heavy atom. The molecule has 1 saturated heterocycles. The van der Waals surface area contributed by atoms with Gasteiger partial charge in [-0.25, -0.2) is 4.99 Å². The Morgan fingerprint density at radius 3 is 2.66 bits per heavy atom. The Labute approximate surface area is 213 Å². The van der Waals surface area contributed by atoms with Gasteiger partial charge in [-0.15, -0.1) is 0 Å². The third kappa shape index (κ3) is 6.32.